The molecule has 5 nitrogen and oxygen atoms in total. The number of para-hydroxylation sites is 2. The molecule has 0 radical (unpaired) electrons. The summed E-state index contributed by atoms with van der Waals surface area (Å²) in [6.07, 6.45) is 4.39. The number of H-pyrrole nitrogens is 1. The summed E-state index contributed by atoms with van der Waals surface area (Å²) in [7, 11) is 0. The lowest BCUT2D eigenvalue weighted by molar-refractivity contribution is 0.0143. The maximum atomic E-state index is 12.4. The Hall–Kier alpha value is -2.79. The van der Waals surface area contributed by atoms with Gasteiger partial charge in [0, 0.05) is 42.8 Å². The first-order valence-electron chi connectivity index (χ1n) is 9.60. The number of likely N-dealkylation sites (tertiary alicyclic amines) is 1. The molecule has 3 aromatic rings. The number of carbonyl (C=O) groups is 1. The third-order valence-corrected chi connectivity index (χ3v) is 5.33. The number of nitrogens with one attached hydrogen (secondary N) is 2. The van der Waals surface area contributed by atoms with E-state index >= 15 is 0 Å². The van der Waals surface area contributed by atoms with Crippen molar-refractivity contribution in [1.82, 2.24) is 15.2 Å². The van der Waals surface area contributed by atoms with Crippen LogP contribution < -0.4 is 10.1 Å². The van der Waals surface area contributed by atoms with Gasteiger partial charge in [0.15, 0.2) is 0 Å². The molecular weight excluding hydrogens is 338 g/mol. The molecule has 1 saturated heterocycles. The first-order chi connectivity index (χ1) is 13.3. The van der Waals surface area contributed by atoms with Gasteiger partial charge in [0.1, 0.15) is 11.9 Å². The van der Waals surface area contributed by atoms with Gasteiger partial charge in [-0.1, -0.05) is 30.3 Å². The maximum absolute atomic E-state index is 12.4. The summed E-state index contributed by atoms with van der Waals surface area (Å²) in [6, 6.07) is 16.3. The van der Waals surface area contributed by atoms with E-state index in [4.69, 9.17) is 4.74 Å². The van der Waals surface area contributed by atoms with Crippen LogP contribution in [0.4, 0.5) is 0 Å². The lowest BCUT2D eigenvalue weighted by Gasteiger charge is -2.39. The molecule has 0 spiro atoms. The maximum Gasteiger partial charge on any atom is 0.255 e. The molecule has 1 saturated carbocycles. The van der Waals surface area contributed by atoms with Crippen molar-refractivity contribution in [2.24, 2.45) is 0 Å². The van der Waals surface area contributed by atoms with Crippen LogP contribution in [0.1, 0.15) is 28.8 Å². The van der Waals surface area contributed by atoms with Crippen LogP contribution in [-0.2, 0) is 6.54 Å². The fourth-order valence-corrected chi connectivity index (χ4v) is 3.66. The van der Waals surface area contributed by atoms with Crippen molar-refractivity contribution in [3.63, 3.8) is 0 Å². The second-order valence-electron chi connectivity index (χ2n) is 7.54. The lowest BCUT2D eigenvalue weighted by Crippen LogP contribution is -2.53. The number of rotatable bonds is 6. The van der Waals surface area contributed by atoms with Crippen LogP contribution >= 0.6 is 0 Å². The zero-order chi connectivity index (χ0) is 18.2. The lowest BCUT2D eigenvalue weighted by atomic mass is 10.1. The molecule has 1 amide bonds. The molecule has 1 aliphatic heterocycles. The highest BCUT2D eigenvalue weighted by molar-refractivity contribution is 5.97. The number of aromatic amines is 1. The molecule has 2 heterocycles. The van der Waals surface area contributed by atoms with Gasteiger partial charge >= 0.3 is 0 Å². The van der Waals surface area contributed by atoms with Crippen molar-refractivity contribution in [3.8, 4) is 5.75 Å². The molecule has 1 aromatic heterocycles. The second kappa shape index (κ2) is 6.74. The molecule has 5 heteroatoms. The van der Waals surface area contributed by atoms with E-state index < -0.39 is 0 Å². The van der Waals surface area contributed by atoms with Gasteiger partial charge in [-0.2, -0.15) is 0 Å². The summed E-state index contributed by atoms with van der Waals surface area (Å²) >= 11 is 0. The van der Waals surface area contributed by atoms with Gasteiger partial charge in [-0.05, 0) is 36.6 Å². The molecule has 1 aliphatic carbocycles. The van der Waals surface area contributed by atoms with Gasteiger partial charge in [0.2, 0.25) is 0 Å². The molecule has 2 N–H and O–H groups in total. The second-order valence-corrected chi connectivity index (χ2v) is 7.54. The Labute approximate surface area is 158 Å². The number of hydrogen-bond donors (Lipinski definition) is 2. The summed E-state index contributed by atoms with van der Waals surface area (Å²) in [5, 5.41) is 4.32. The van der Waals surface area contributed by atoms with Crippen LogP contribution in [0.3, 0.4) is 0 Å². The molecular formula is C22H23N3O2. The van der Waals surface area contributed by atoms with Crippen LogP contribution in [0, 0.1) is 0 Å². The first-order valence-corrected chi connectivity index (χ1v) is 9.60. The van der Waals surface area contributed by atoms with Crippen LogP contribution in [0.5, 0.6) is 5.75 Å². The fourth-order valence-electron chi connectivity index (χ4n) is 3.66. The Kier molecular flexibility index (Phi) is 4.09. The molecule has 2 aliphatic rings. The third kappa shape index (κ3) is 3.43. The van der Waals surface area contributed by atoms with Crippen molar-refractivity contribution >= 4 is 16.8 Å². The number of ether oxygens (including phenoxy) is 1. The standard InChI is InChI=1S/C22H23N3O2/c26-22(24-16-9-10-16)19-6-2-4-8-21(19)27-17-13-25(14-17)12-15-11-23-20-7-3-1-5-18(15)20/h1-8,11,16-17,23H,9-10,12-14H2,(H,24,26). The van der Waals surface area contributed by atoms with Crippen LogP contribution in [0.2, 0.25) is 0 Å². The molecule has 2 aromatic carbocycles. The van der Waals surface area contributed by atoms with E-state index in [0.29, 0.717) is 17.4 Å². The van der Waals surface area contributed by atoms with Gasteiger partial charge in [0.05, 0.1) is 5.56 Å². The number of amides is 1. The van der Waals surface area contributed by atoms with Gasteiger partial charge in [0.25, 0.3) is 5.91 Å². The third-order valence-electron chi connectivity index (χ3n) is 5.33. The van der Waals surface area contributed by atoms with Gasteiger partial charge in [-0.3, -0.25) is 9.69 Å². The fraction of sp³-hybridized carbons (Fsp3) is 0.318. The zero-order valence-corrected chi connectivity index (χ0v) is 15.2. The predicted molar refractivity (Wildman–Crippen MR) is 105 cm³/mol. The van der Waals surface area contributed by atoms with E-state index in [9.17, 15) is 4.79 Å². The van der Waals surface area contributed by atoms with Crippen LogP contribution in [0.25, 0.3) is 10.9 Å². The highest BCUT2D eigenvalue weighted by atomic mass is 16.5. The topological polar surface area (TPSA) is 57.4 Å². The van der Waals surface area contributed by atoms with E-state index in [1.165, 1.54) is 16.5 Å². The average molecular weight is 361 g/mol. The number of carbonyl (C=O) groups excluding carboxylic acids is 1. The minimum Gasteiger partial charge on any atom is -0.487 e. The largest absolute Gasteiger partial charge is 0.487 e. The molecule has 0 bridgehead atoms. The van der Waals surface area contributed by atoms with E-state index in [2.05, 4.69) is 39.6 Å². The van der Waals surface area contributed by atoms with Crippen molar-refractivity contribution in [2.75, 3.05) is 13.1 Å². The summed E-state index contributed by atoms with van der Waals surface area (Å²) in [6.45, 7) is 2.66. The van der Waals surface area contributed by atoms with Gasteiger partial charge < -0.3 is 15.0 Å². The van der Waals surface area contributed by atoms with E-state index in [0.717, 1.165) is 32.5 Å². The summed E-state index contributed by atoms with van der Waals surface area (Å²) < 4.78 is 6.13. The Bertz CT molecular complexity index is 970. The van der Waals surface area contributed by atoms with Crippen LogP contribution in [0.15, 0.2) is 54.7 Å². The quantitative estimate of drug-likeness (QED) is 0.708. The molecule has 138 valence electrons. The van der Waals surface area contributed by atoms with E-state index in [-0.39, 0.29) is 12.0 Å². The van der Waals surface area contributed by atoms with E-state index in [1.807, 2.05) is 30.3 Å². The van der Waals surface area contributed by atoms with Crippen molar-refractivity contribution < 1.29 is 9.53 Å². The number of hydrogen-bond acceptors (Lipinski definition) is 3. The van der Waals surface area contributed by atoms with Crippen molar-refractivity contribution in [1.29, 1.82) is 0 Å². The molecule has 5 rings (SSSR count). The van der Waals surface area contributed by atoms with E-state index in [1.54, 1.807) is 0 Å². The molecule has 0 atom stereocenters. The number of fused-ring (bicyclic) bond motifs is 1. The van der Waals surface area contributed by atoms with Crippen molar-refractivity contribution in [2.45, 2.75) is 31.5 Å². The Morgan fingerprint density at radius 3 is 2.74 bits per heavy atom. The predicted octanol–water partition coefficient (Wildman–Crippen LogP) is 3.32. The summed E-state index contributed by atoms with van der Waals surface area (Å²) in [5.41, 5.74) is 3.13. The smallest absolute Gasteiger partial charge is 0.255 e. The monoisotopic (exact) mass is 361 g/mol. The highest BCUT2D eigenvalue weighted by Crippen LogP contribution is 2.27. The first kappa shape index (κ1) is 16.4. The normalized spacial score (nSPS) is 17.6. The Morgan fingerprint density at radius 2 is 1.89 bits per heavy atom. The Morgan fingerprint density at radius 1 is 1.11 bits per heavy atom. The summed E-state index contributed by atoms with van der Waals surface area (Å²) in [5.74, 6) is 0.662. The number of benzene rings is 2. The molecule has 0 unspecified atom stereocenters. The minimum atomic E-state index is -0.0249. The minimum absolute atomic E-state index is 0.0249. The zero-order valence-electron chi connectivity index (χ0n) is 15.2. The highest BCUT2D eigenvalue weighted by Gasteiger charge is 2.30. The SMILES string of the molecule is O=C(NC1CC1)c1ccccc1OC1CN(Cc2c[nH]c3ccccc23)C1. The summed E-state index contributed by atoms with van der Waals surface area (Å²) in [4.78, 5) is 18.1. The number of nitrogens with zero attached hydrogens (tertiary/aromatic N) is 1. The Balaban J connectivity index is 1.20. The van der Waals surface area contributed by atoms with Gasteiger partial charge in [-0.25, -0.2) is 0 Å². The van der Waals surface area contributed by atoms with Crippen LogP contribution in [-0.4, -0.2) is 41.0 Å². The van der Waals surface area contributed by atoms with Crippen molar-refractivity contribution in [3.05, 3.63) is 65.9 Å². The molecule has 2 fully saturated rings. The van der Waals surface area contributed by atoms with Gasteiger partial charge in [-0.15, -0.1) is 0 Å². The average Bonchev–Trinajstić information content (AvgIpc) is 3.38. The number of aromatic nitrogens is 1. The molecule has 27 heavy (non-hydrogen) atoms.